The van der Waals surface area contributed by atoms with E-state index in [2.05, 4.69) is 15.3 Å². The lowest BCUT2D eigenvalue weighted by Gasteiger charge is -2.31. The number of hydrogen-bond acceptors (Lipinski definition) is 7. The minimum absolute atomic E-state index is 0.0465. The van der Waals surface area contributed by atoms with Crippen LogP contribution in [0, 0.1) is 0 Å². The van der Waals surface area contributed by atoms with E-state index in [1.54, 1.807) is 27.7 Å². The van der Waals surface area contributed by atoms with Crippen molar-refractivity contribution in [1.29, 1.82) is 0 Å². The summed E-state index contributed by atoms with van der Waals surface area (Å²) in [5, 5.41) is 6.33. The van der Waals surface area contributed by atoms with Crippen molar-refractivity contribution in [3.8, 4) is 0 Å². The van der Waals surface area contributed by atoms with Gasteiger partial charge in [-0.3, -0.25) is 10.1 Å². The Morgan fingerprint density at radius 3 is 2.48 bits per heavy atom. The van der Waals surface area contributed by atoms with Gasteiger partial charge in [-0.1, -0.05) is 5.11 Å². The molecule has 3 atom stereocenters. The van der Waals surface area contributed by atoms with Crippen LogP contribution in [0.5, 0.6) is 0 Å². The van der Waals surface area contributed by atoms with Crippen LogP contribution in [0.3, 0.4) is 0 Å². The zero-order chi connectivity index (χ0) is 19.3. The molecule has 0 aliphatic carbocycles. The number of carbonyl (C=O) groups is 3. The molecule has 0 aromatic carbocycles. The Morgan fingerprint density at radius 1 is 1.32 bits per heavy atom. The van der Waals surface area contributed by atoms with Gasteiger partial charge in [0.2, 0.25) is 0 Å². The summed E-state index contributed by atoms with van der Waals surface area (Å²) < 4.78 is 9.38. The first-order valence-corrected chi connectivity index (χ1v) is 8.03. The number of methoxy groups -OCH3 is 1. The Hall–Kier alpha value is -2.16. The molecule has 0 radical (unpaired) electrons. The second kappa shape index (κ2) is 8.28. The van der Waals surface area contributed by atoms with Gasteiger partial charge in [-0.15, -0.1) is 0 Å². The van der Waals surface area contributed by atoms with E-state index < -0.39 is 40.1 Å². The van der Waals surface area contributed by atoms with Crippen molar-refractivity contribution in [2.45, 2.75) is 51.8 Å². The van der Waals surface area contributed by atoms with E-state index in [0.717, 1.165) is 0 Å². The van der Waals surface area contributed by atoms with Crippen molar-refractivity contribution in [3.05, 3.63) is 10.4 Å². The van der Waals surface area contributed by atoms with Crippen LogP contribution in [0.25, 0.3) is 10.4 Å². The number of imide groups is 1. The zero-order valence-corrected chi connectivity index (χ0v) is 15.3. The standard InChI is InChI=1S/C15H26N5O5/c1-10-6-11(18-19-16)9-20(10,14(23)24-5)12(21)7-17-8-13(22)25-15(2,3)4/h10-11,17H,6-9H2,1-5H3/q+1/t10-,11+,20-/m1/s1. The van der Waals surface area contributed by atoms with Gasteiger partial charge in [0.25, 0.3) is 0 Å². The maximum atomic E-state index is 12.7. The van der Waals surface area contributed by atoms with E-state index in [1.807, 2.05) is 0 Å². The Kier molecular flexibility index (Phi) is 6.92. The lowest BCUT2D eigenvalue weighted by molar-refractivity contribution is -0.792. The van der Waals surface area contributed by atoms with Gasteiger partial charge in [-0.05, 0) is 33.2 Å². The van der Waals surface area contributed by atoms with Crippen molar-refractivity contribution in [3.63, 3.8) is 0 Å². The van der Waals surface area contributed by atoms with E-state index in [-0.39, 0.29) is 19.6 Å². The fourth-order valence-electron chi connectivity index (χ4n) is 2.97. The number of hydrogen-bond donors (Lipinski definition) is 1. The molecule has 1 fully saturated rings. The summed E-state index contributed by atoms with van der Waals surface area (Å²) in [5.41, 5.74) is 7.98. The minimum atomic E-state index is -0.702. The number of ether oxygens (including phenoxy) is 2. The third kappa shape index (κ3) is 5.15. The predicted molar refractivity (Wildman–Crippen MR) is 88.3 cm³/mol. The molecule has 1 aliphatic rings. The fraction of sp³-hybridized carbons (Fsp3) is 0.800. The number of azide groups is 1. The lowest BCUT2D eigenvalue weighted by atomic mass is 10.2. The molecule has 1 heterocycles. The molecule has 1 rings (SSSR count). The molecule has 0 saturated carbocycles. The number of amides is 2. The molecule has 10 nitrogen and oxygen atoms in total. The first-order valence-electron chi connectivity index (χ1n) is 8.03. The summed E-state index contributed by atoms with van der Waals surface area (Å²) in [4.78, 5) is 39.5. The number of rotatable bonds is 5. The Balaban J connectivity index is 2.78. The molecule has 0 spiro atoms. The first-order chi connectivity index (χ1) is 11.6. The second-order valence-electron chi connectivity index (χ2n) is 7.05. The van der Waals surface area contributed by atoms with Crippen molar-refractivity contribution in [2.75, 3.05) is 26.7 Å². The monoisotopic (exact) mass is 356 g/mol. The maximum absolute atomic E-state index is 12.7. The van der Waals surface area contributed by atoms with Crippen LogP contribution < -0.4 is 5.32 Å². The topological polar surface area (TPSA) is 130 Å². The number of carbonyl (C=O) groups excluding carboxylic acids is 3. The quantitative estimate of drug-likeness (QED) is 0.261. The molecule has 2 amide bonds. The summed E-state index contributed by atoms with van der Waals surface area (Å²) in [5.74, 6) is -0.940. The van der Waals surface area contributed by atoms with Crippen LogP contribution in [0.4, 0.5) is 4.79 Å². The number of esters is 1. The molecule has 0 unspecified atom stereocenters. The van der Waals surface area contributed by atoms with Gasteiger partial charge in [0.05, 0.1) is 19.7 Å². The molecule has 1 aliphatic heterocycles. The van der Waals surface area contributed by atoms with Gasteiger partial charge < -0.3 is 9.47 Å². The van der Waals surface area contributed by atoms with E-state index in [1.165, 1.54) is 7.11 Å². The summed E-state index contributed by atoms with van der Waals surface area (Å²) >= 11 is 0. The first kappa shape index (κ1) is 20.9. The summed E-state index contributed by atoms with van der Waals surface area (Å²) in [7, 11) is 1.21. The van der Waals surface area contributed by atoms with Crippen LogP contribution in [-0.4, -0.2) is 66.9 Å². The molecule has 1 saturated heterocycles. The molecule has 1 N–H and O–H groups in total. The minimum Gasteiger partial charge on any atom is -0.459 e. The number of likely N-dealkylation sites (tertiary alicyclic amines) is 1. The van der Waals surface area contributed by atoms with Crippen LogP contribution >= 0.6 is 0 Å². The van der Waals surface area contributed by atoms with Crippen molar-refractivity contribution in [1.82, 2.24) is 5.32 Å². The van der Waals surface area contributed by atoms with Crippen LogP contribution in [-0.2, 0) is 19.1 Å². The van der Waals surface area contributed by atoms with Crippen molar-refractivity contribution < 1.29 is 28.3 Å². The van der Waals surface area contributed by atoms with E-state index in [0.29, 0.717) is 6.42 Å². The van der Waals surface area contributed by atoms with Gasteiger partial charge in [-0.25, -0.2) is 4.79 Å². The van der Waals surface area contributed by atoms with Crippen LogP contribution in [0.1, 0.15) is 34.1 Å². The summed E-state index contributed by atoms with van der Waals surface area (Å²) in [6.07, 6.45) is -0.302. The average molecular weight is 356 g/mol. The highest BCUT2D eigenvalue weighted by atomic mass is 16.6. The average Bonchev–Trinajstić information content (AvgIpc) is 2.82. The SMILES string of the molecule is COC(=O)[N@+]1(C(=O)CNCC(=O)OC(C)(C)C)C[C@@H](N=[N+]=[N-])C[C@H]1C. The Bertz CT molecular complexity index is 581. The molecule has 140 valence electrons. The van der Waals surface area contributed by atoms with Gasteiger partial charge in [-0.2, -0.15) is 9.28 Å². The van der Waals surface area contributed by atoms with E-state index in [4.69, 9.17) is 15.0 Å². The lowest BCUT2D eigenvalue weighted by Crippen LogP contribution is -2.62. The molecule has 10 heteroatoms. The van der Waals surface area contributed by atoms with Gasteiger partial charge >= 0.3 is 18.0 Å². The second-order valence-corrected chi connectivity index (χ2v) is 7.05. The highest BCUT2D eigenvalue weighted by molar-refractivity contribution is 5.83. The highest BCUT2D eigenvalue weighted by Crippen LogP contribution is 2.30. The van der Waals surface area contributed by atoms with Gasteiger partial charge in [0.15, 0.2) is 0 Å². The maximum Gasteiger partial charge on any atom is 0.523 e. The Morgan fingerprint density at radius 2 is 1.96 bits per heavy atom. The van der Waals surface area contributed by atoms with Gasteiger partial charge in [0.1, 0.15) is 24.7 Å². The van der Waals surface area contributed by atoms with Crippen molar-refractivity contribution >= 4 is 18.0 Å². The fourth-order valence-corrected chi connectivity index (χ4v) is 2.97. The smallest absolute Gasteiger partial charge is 0.459 e. The molecule has 0 bridgehead atoms. The van der Waals surface area contributed by atoms with E-state index >= 15 is 0 Å². The molecule has 0 aromatic rings. The van der Waals surface area contributed by atoms with Crippen molar-refractivity contribution in [2.24, 2.45) is 5.11 Å². The molecule has 0 aromatic heterocycles. The van der Waals surface area contributed by atoms with Crippen LogP contribution in [0.2, 0.25) is 0 Å². The third-order valence-electron chi connectivity index (χ3n) is 3.99. The molecule has 25 heavy (non-hydrogen) atoms. The third-order valence-corrected chi connectivity index (χ3v) is 3.99. The zero-order valence-electron chi connectivity index (χ0n) is 15.3. The largest absolute Gasteiger partial charge is 0.523 e. The molecular formula is C15H26N5O5+. The Labute approximate surface area is 146 Å². The van der Waals surface area contributed by atoms with Crippen LogP contribution in [0.15, 0.2) is 5.11 Å². The van der Waals surface area contributed by atoms with E-state index in [9.17, 15) is 14.4 Å². The normalized spacial score (nSPS) is 25.8. The highest BCUT2D eigenvalue weighted by Gasteiger charge is 2.56. The van der Waals surface area contributed by atoms with Gasteiger partial charge in [0, 0.05) is 11.3 Å². The number of quaternary nitrogens is 1. The molecular weight excluding hydrogens is 330 g/mol. The number of nitrogens with one attached hydrogen (secondary N) is 1. The summed E-state index contributed by atoms with van der Waals surface area (Å²) in [6.45, 7) is 6.65. The number of nitrogens with zero attached hydrogens (tertiary/aromatic N) is 4. The predicted octanol–water partition coefficient (Wildman–Crippen LogP) is 1.50. The summed E-state index contributed by atoms with van der Waals surface area (Å²) in [6, 6.07) is -0.854.